The molecule has 0 amide bonds. The number of nitrogens with zero attached hydrogens (tertiary/aromatic N) is 4. The predicted molar refractivity (Wildman–Crippen MR) is 224 cm³/mol. The first-order chi connectivity index (χ1) is 28.3. The molecule has 0 saturated carbocycles. The number of aryl methyl sites for hydroxylation is 2. The number of benzene rings is 6. The van der Waals surface area contributed by atoms with Gasteiger partial charge in [0.15, 0.2) is 11.6 Å². The monoisotopic (exact) mass is 826 g/mol. The Morgan fingerprint density at radius 2 is 0.966 bits per heavy atom. The van der Waals surface area contributed by atoms with E-state index in [1.807, 2.05) is 60.7 Å². The Hall–Kier alpha value is -7.31. The van der Waals surface area contributed by atoms with Crippen LogP contribution < -0.4 is 22.5 Å². The van der Waals surface area contributed by atoms with Gasteiger partial charge in [-0.3, -0.25) is 18.7 Å². The SMILES string of the molecule is Cn1c(=O)n(-c2ccc(C#Cc3ccccc3)cc2Cl)c(=O)c2cc(F)ccc21.Cn1c(=O)n(-c2ccc(C#Cc3ccccc3)cc2Cl)c(=O)c2ccc(F)c(F)c21. The van der Waals surface area contributed by atoms with E-state index in [0.29, 0.717) is 16.6 Å². The van der Waals surface area contributed by atoms with Gasteiger partial charge in [0.05, 0.1) is 43.2 Å². The first kappa shape index (κ1) is 39.9. The lowest BCUT2D eigenvalue weighted by Crippen LogP contribution is -2.38. The Morgan fingerprint density at radius 3 is 1.47 bits per heavy atom. The van der Waals surface area contributed by atoms with Crippen molar-refractivity contribution in [2.45, 2.75) is 0 Å². The van der Waals surface area contributed by atoms with Crippen LogP contribution >= 0.6 is 23.2 Å². The summed E-state index contributed by atoms with van der Waals surface area (Å²) in [7, 11) is 2.78. The molecule has 2 heterocycles. The van der Waals surface area contributed by atoms with E-state index in [1.54, 1.807) is 24.3 Å². The summed E-state index contributed by atoms with van der Waals surface area (Å²) in [5.74, 6) is 9.03. The average Bonchev–Trinajstić information content (AvgIpc) is 3.24. The molecule has 13 heteroatoms. The number of halogens is 5. The summed E-state index contributed by atoms with van der Waals surface area (Å²) in [6, 6.07) is 34.0. The van der Waals surface area contributed by atoms with Crippen LogP contribution in [-0.4, -0.2) is 18.3 Å². The third-order valence-corrected chi connectivity index (χ3v) is 9.78. The molecule has 0 fully saturated rings. The van der Waals surface area contributed by atoms with Crippen molar-refractivity contribution in [2.75, 3.05) is 0 Å². The van der Waals surface area contributed by atoms with Crippen molar-refractivity contribution in [1.29, 1.82) is 0 Å². The van der Waals surface area contributed by atoms with E-state index in [-0.39, 0.29) is 32.2 Å². The van der Waals surface area contributed by atoms with Gasteiger partial charge >= 0.3 is 11.4 Å². The number of rotatable bonds is 2. The molecule has 0 aliphatic carbocycles. The predicted octanol–water partition coefficient (Wildman–Crippen LogP) is 7.90. The van der Waals surface area contributed by atoms with E-state index in [9.17, 15) is 32.3 Å². The van der Waals surface area contributed by atoms with E-state index < -0.39 is 45.5 Å². The van der Waals surface area contributed by atoms with E-state index in [0.717, 1.165) is 43.0 Å². The minimum Gasteiger partial charge on any atom is -0.296 e. The van der Waals surface area contributed by atoms with Crippen LogP contribution in [0.2, 0.25) is 10.0 Å². The molecular formula is C46H27Cl2F3N4O4. The van der Waals surface area contributed by atoms with Crippen LogP contribution in [0.15, 0.2) is 147 Å². The molecule has 0 N–H and O–H groups in total. The van der Waals surface area contributed by atoms with Crippen molar-refractivity contribution < 1.29 is 13.2 Å². The van der Waals surface area contributed by atoms with Crippen LogP contribution in [0.25, 0.3) is 33.2 Å². The van der Waals surface area contributed by atoms with Gasteiger partial charge in [0.2, 0.25) is 0 Å². The van der Waals surface area contributed by atoms with Gasteiger partial charge in [0.25, 0.3) is 11.1 Å². The van der Waals surface area contributed by atoms with Gasteiger partial charge in [-0.2, -0.15) is 0 Å². The highest BCUT2D eigenvalue weighted by Gasteiger charge is 2.20. The maximum Gasteiger partial charge on any atom is 0.336 e. The molecule has 59 heavy (non-hydrogen) atoms. The van der Waals surface area contributed by atoms with Crippen LogP contribution in [-0.2, 0) is 14.1 Å². The Morgan fingerprint density at radius 1 is 0.492 bits per heavy atom. The van der Waals surface area contributed by atoms with Crippen molar-refractivity contribution in [1.82, 2.24) is 18.3 Å². The summed E-state index contributed by atoms with van der Waals surface area (Å²) < 4.78 is 45.4. The van der Waals surface area contributed by atoms with E-state index in [2.05, 4.69) is 23.7 Å². The standard InChI is InChI=1S/C23H13ClF2N2O2.C23H14ClFN2O2/c1-27-21-16(10-11-18(25)20(21)26)22(29)28(23(27)30)19-12-9-15(13-17(19)24)8-7-14-5-3-2-4-6-14;1-26-20-12-10-17(25)14-18(20)22(28)27(23(26)29)21-11-9-16(13-19(21)24)8-7-15-5-3-2-4-6-15/h2-6,9-13H,1H3;2-6,9-14H,1H3. The Kier molecular flexibility index (Phi) is 11.3. The zero-order valence-electron chi connectivity index (χ0n) is 30.9. The molecular weight excluding hydrogens is 800 g/mol. The minimum absolute atomic E-state index is 0.0936. The minimum atomic E-state index is -1.26. The molecule has 2 aromatic heterocycles. The molecule has 8 aromatic rings. The molecule has 8 rings (SSSR count). The van der Waals surface area contributed by atoms with E-state index in [1.165, 1.54) is 42.9 Å². The lowest BCUT2D eigenvalue weighted by molar-refractivity contribution is 0.511. The Balaban J connectivity index is 0.000000179. The van der Waals surface area contributed by atoms with Crippen molar-refractivity contribution in [3.63, 3.8) is 0 Å². The van der Waals surface area contributed by atoms with Crippen molar-refractivity contribution in [3.8, 4) is 35.1 Å². The van der Waals surface area contributed by atoms with Crippen LogP contribution in [0.3, 0.4) is 0 Å². The van der Waals surface area contributed by atoms with Crippen LogP contribution in [0.5, 0.6) is 0 Å². The van der Waals surface area contributed by atoms with Crippen LogP contribution in [0.1, 0.15) is 22.3 Å². The Labute approximate surface area is 343 Å². The molecule has 0 atom stereocenters. The summed E-state index contributed by atoms with van der Waals surface area (Å²) in [5, 5.41) is 0.270. The molecule has 0 bridgehead atoms. The summed E-state index contributed by atoms with van der Waals surface area (Å²) in [6.07, 6.45) is 0. The highest BCUT2D eigenvalue weighted by Crippen LogP contribution is 2.23. The van der Waals surface area contributed by atoms with Gasteiger partial charge < -0.3 is 0 Å². The Bertz CT molecular complexity index is 3360. The van der Waals surface area contributed by atoms with Gasteiger partial charge in [0, 0.05) is 36.3 Å². The molecule has 8 nitrogen and oxygen atoms in total. The molecule has 0 aliphatic rings. The highest BCUT2D eigenvalue weighted by molar-refractivity contribution is 6.32. The lowest BCUT2D eigenvalue weighted by Gasteiger charge is -2.12. The van der Waals surface area contributed by atoms with Crippen molar-refractivity contribution >= 4 is 45.0 Å². The maximum atomic E-state index is 14.2. The zero-order chi connectivity index (χ0) is 42.0. The second-order valence-electron chi connectivity index (χ2n) is 12.9. The number of aromatic nitrogens is 4. The maximum absolute atomic E-state index is 14.2. The first-order valence-corrected chi connectivity index (χ1v) is 18.3. The molecule has 290 valence electrons. The zero-order valence-corrected chi connectivity index (χ0v) is 32.4. The third-order valence-electron chi connectivity index (χ3n) is 9.17. The third kappa shape index (κ3) is 7.98. The van der Waals surface area contributed by atoms with Gasteiger partial charge in [0.1, 0.15) is 5.82 Å². The number of fused-ring (bicyclic) bond motifs is 2. The fourth-order valence-electron chi connectivity index (χ4n) is 6.21. The van der Waals surface area contributed by atoms with E-state index >= 15 is 0 Å². The summed E-state index contributed by atoms with van der Waals surface area (Å²) in [5.41, 5.74) is 0.354. The van der Waals surface area contributed by atoms with Gasteiger partial charge in [-0.15, -0.1) is 0 Å². The van der Waals surface area contributed by atoms with Crippen LogP contribution in [0, 0.1) is 41.1 Å². The fraction of sp³-hybridized carbons (Fsp3) is 0.0435. The second-order valence-corrected chi connectivity index (χ2v) is 13.8. The largest absolute Gasteiger partial charge is 0.336 e. The molecule has 0 unspecified atom stereocenters. The van der Waals surface area contributed by atoms with Crippen molar-refractivity contribution in [2.24, 2.45) is 14.1 Å². The topological polar surface area (TPSA) is 88.0 Å². The average molecular weight is 828 g/mol. The van der Waals surface area contributed by atoms with Crippen molar-refractivity contribution in [3.05, 3.63) is 219 Å². The molecule has 0 saturated heterocycles. The molecule has 6 aromatic carbocycles. The molecule has 0 radical (unpaired) electrons. The van der Waals surface area contributed by atoms with Crippen LogP contribution in [0.4, 0.5) is 13.2 Å². The van der Waals surface area contributed by atoms with Gasteiger partial charge in [-0.25, -0.2) is 31.9 Å². The molecule has 0 spiro atoms. The summed E-state index contributed by atoms with van der Waals surface area (Å²) in [4.78, 5) is 51.3. The smallest absolute Gasteiger partial charge is 0.296 e. The van der Waals surface area contributed by atoms with E-state index in [4.69, 9.17) is 23.2 Å². The number of hydrogen-bond donors (Lipinski definition) is 0. The fourth-order valence-corrected chi connectivity index (χ4v) is 6.74. The molecule has 0 aliphatic heterocycles. The quantitative estimate of drug-likeness (QED) is 0.166. The highest BCUT2D eigenvalue weighted by atomic mass is 35.5. The normalized spacial score (nSPS) is 10.6. The summed E-state index contributed by atoms with van der Waals surface area (Å²) >= 11 is 12.7. The lowest BCUT2D eigenvalue weighted by atomic mass is 10.1. The summed E-state index contributed by atoms with van der Waals surface area (Å²) in [6.45, 7) is 0. The number of hydrogen-bond acceptors (Lipinski definition) is 4. The van der Waals surface area contributed by atoms with Gasteiger partial charge in [-0.05, 0) is 91.0 Å². The van der Waals surface area contributed by atoms with Gasteiger partial charge in [-0.1, -0.05) is 83.3 Å². The first-order valence-electron chi connectivity index (χ1n) is 17.6. The second kappa shape index (κ2) is 16.7.